The van der Waals surface area contributed by atoms with Crippen LogP contribution in [-0.4, -0.2) is 6.04 Å². The van der Waals surface area contributed by atoms with Crippen molar-refractivity contribution < 1.29 is 0 Å². The van der Waals surface area contributed by atoms with Gasteiger partial charge in [0.25, 0.3) is 0 Å². The van der Waals surface area contributed by atoms with E-state index in [0.717, 1.165) is 5.92 Å². The average Bonchev–Trinajstić information content (AvgIpc) is 1.86. The van der Waals surface area contributed by atoms with Crippen molar-refractivity contribution in [2.24, 2.45) is 17.1 Å². The molecule has 1 aliphatic rings. The molecule has 1 saturated carbocycles. The number of nitrogens with two attached hydrogens (primary N) is 1. The third kappa shape index (κ3) is 2.48. The van der Waals surface area contributed by atoms with Gasteiger partial charge in [-0.3, -0.25) is 0 Å². The zero-order valence-electron chi connectivity index (χ0n) is 8.06. The van der Waals surface area contributed by atoms with Crippen molar-refractivity contribution in [2.45, 2.75) is 52.5 Å². The molecule has 2 N–H and O–H groups in total. The summed E-state index contributed by atoms with van der Waals surface area (Å²) in [5, 5.41) is 0. The number of hydrogen-bond acceptors (Lipinski definition) is 1. The maximum absolute atomic E-state index is 5.92. The van der Waals surface area contributed by atoms with Gasteiger partial charge in [0, 0.05) is 6.04 Å². The summed E-state index contributed by atoms with van der Waals surface area (Å²) in [5.74, 6) is 0.853. The Balaban J connectivity index is 2.46. The topological polar surface area (TPSA) is 26.0 Å². The monoisotopic (exact) mass is 155 g/mol. The van der Waals surface area contributed by atoms with E-state index in [9.17, 15) is 0 Å². The van der Waals surface area contributed by atoms with Gasteiger partial charge in [0.15, 0.2) is 0 Å². The first-order chi connectivity index (χ1) is 5.00. The minimum Gasteiger partial charge on any atom is -0.328 e. The smallest absolute Gasteiger partial charge is 0.00416 e. The van der Waals surface area contributed by atoms with E-state index in [4.69, 9.17) is 5.73 Å². The van der Waals surface area contributed by atoms with Crippen molar-refractivity contribution >= 4 is 0 Å². The molecule has 0 amide bonds. The fourth-order valence-corrected chi connectivity index (χ4v) is 2.01. The summed E-state index contributed by atoms with van der Waals surface area (Å²) in [6.45, 7) is 6.99. The molecule has 0 heterocycles. The van der Waals surface area contributed by atoms with Gasteiger partial charge in [0.2, 0.25) is 0 Å². The van der Waals surface area contributed by atoms with E-state index in [2.05, 4.69) is 20.8 Å². The minimum absolute atomic E-state index is 0.470. The first-order valence-corrected chi connectivity index (χ1v) is 4.76. The van der Waals surface area contributed by atoms with Crippen molar-refractivity contribution in [2.75, 3.05) is 0 Å². The van der Waals surface area contributed by atoms with Crippen LogP contribution in [0.15, 0.2) is 0 Å². The van der Waals surface area contributed by atoms with Crippen molar-refractivity contribution in [1.29, 1.82) is 0 Å². The molecule has 0 spiro atoms. The van der Waals surface area contributed by atoms with Crippen LogP contribution in [0.2, 0.25) is 0 Å². The van der Waals surface area contributed by atoms with Crippen molar-refractivity contribution in [3.8, 4) is 0 Å². The Morgan fingerprint density at radius 2 is 1.82 bits per heavy atom. The SMILES string of the molecule is CC(C)(C)C1CCC[C@@H](N)C1. The molecule has 0 saturated heterocycles. The standard InChI is InChI=1S/C10H21N/c1-10(2,3)8-5-4-6-9(11)7-8/h8-9H,4-7,11H2,1-3H3/t8?,9-/m1/s1. The summed E-state index contributed by atoms with van der Waals surface area (Å²) in [5.41, 5.74) is 6.39. The van der Waals surface area contributed by atoms with Crippen LogP contribution < -0.4 is 5.73 Å². The summed E-state index contributed by atoms with van der Waals surface area (Å²) >= 11 is 0. The van der Waals surface area contributed by atoms with E-state index in [-0.39, 0.29) is 0 Å². The Morgan fingerprint density at radius 1 is 1.18 bits per heavy atom. The molecular formula is C10H21N. The van der Waals surface area contributed by atoms with Gasteiger partial charge in [-0.15, -0.1) is 0 Å². The number of rotatable bonds is 0. The molecule has 1 rings (SSSR count). The molecular weight excluding hydrogens is 134 g/mol. The predicted octanol–water partition coefficient (Wildman–Crippen LogP) is 2.55. The summed E-state index contributed by atoms with van der Waals surface area (Å²) < 4.78 is 0. The highest BCUT2D eigenvalue weighted by Crippen LogP contribution is 2.36. The summed E-state index contributed by atoms with van der Waals surface area (Å²) in [4.78, 5) is 0. The molecule has 0 aliphatic heterocycles. The molecule has 0 aromatic heterocycles. The third-order valence-electron chi connectivity index (χ3n) is 2.94. The van der Waals surface area contributed by atoms with E-state index in [1.54, 1.807) is 0 Å². The largest absolute Gasteiger partial charge is 0.328 e. The highest BCUT2D eigenvalue weighted by Gasteiger charge is 2.28. The van der Waals surface area contributed by atoms with Crippen molar-refractivity contribution in [1.82, 2.24) is 0 Å². The first kappa shape index (κ1) is 9.05. The van der Waals surface area contributed by atoms with Crippen LogP contribution in [0.5, 0.6) is 0 Å². The van der Waals surface area contributed by atoms with Gasteiger partial charge in [-0.25, -0.2) is 0 Å². The molecule has 1 aliphatic carbocycles. The highest BCUT2D eigenvalue weighted by molar-refractivity contribution is 4.82. The third-order valence-corrected chi connectivity index (χ3v) is 2.94. The molecule has 1 heteroatoms. The molecule has 0 aromatic carbocycles. The maximum Gasteiger partial charge on any atom is 0.00416 e. The predicted molar refractivity (Wildman–Crippen MR) is 49.4 cm³/mol. The molecule has 2 atom stereocenters. The second kappa shape index (κ2) is 3.14. The lowest BCUT2D eigenvalue weighted by atomic mass is 9.71. The molecule has 11 heavy (non-hydrogen) atoms. The zero-order valence-corrected chi connectivity index (χ0v) is 8.06. The molecule has 1 nitrogen and oxygen atoms in total. The minimum atomic E-state index is 0.470. The van der Waals surface area contributed by atoms with Gasteiger partial charge >= 0.3 is 0 Å². The van der Waals surface area contributed by atoms with Gasteiger partial charge in [-0.2, -0.15) is 0 Å². The molecule has 0 aromatic rings. The van der Waals surface area contributed by atoms with Crippen LogP contribution in [0.25, 0.3) is 0 Å². The normalized spacial score (nSPS) is 33.8. The summed E-state index contributed by atoms with van der Waals surface area (Å²) in [6, 6.07) is 0.480. The average molecular weight is 155 g/mol. The lowest BCUT2D eigenvalue weighted by Gasteiger charge is -2.36. The Labute approximate surface area is 70.4 Å². The van der Waals surface area contributed by atoms with Crippen LogP contribution in [0.4, 0.5) is 0 Å². The van der Waals surface area contributed by atoms with Crippen LogP contribution >= 0.6 is 0 Å². The van der Waals surface area contributed by atoms with Crippen LogP contribution in [0, 0.1) is 11.3 Å². The van der Waals surface area contributed by atoms with E-state index < -0.39 is 0 Å². The Kier molecular flexibility index (Phi) is 2.58. The number of hydrogen-bond donors (Lipinski definition) is 1. The summed E-state index contributed by atoms with van der Waals surface area (Å²) in [7, 11) is 0. The van der Waals surface area contributed by atoms with Gasteiger partial charge in [0.05, 0.1) is 0 Å². The second-order valence-corrected chi connectivity index (χ2v) is 4.99. The van der Waals surface area contributed by atoms with E-state index in [1.165, 1.54) is 25.7 Å². The maximum atomic E-state index is 5.92. The lowest BCUT2D eigenvalue weighted by Crippen LogP contribution is -2.33. The molecule has 0 radical (unpaired) electrons. The van der Waals surface area contributed by atoms with Gasteiger partial charge in [0.1, 0.15) is 0 Å². The molecule has 1 fully saturated rings. The Hall–Kier alpha value is -0.0400. The Bertz CT molecular complexity index is 123. The van der Waals surface area contributed by atoms with E-state index in [1.807, 2.05) is 0 Å². The summed E-state index contributed by atoms with van der Waals surface area (Å²) in [6.07, 6.45) is 5.20. The molecule has 1 unspecified atom stereocenters. The Morgan fingerprint density at radius 3 is 2.18 bits per heavy atom. The highest BCUT2D eigenvalue weighted by atomic mass is 14.6. The molecule has 0 bridgehead atoms. The van der Waals surface area contributed by atoms with E-state index in [0.29, 0.717) is 11.5 Å². The zero-order chi connectivity index (χ0) is 8.48. The van der Waals surface area contributed by atoms with Crippen LogP contribution in [0.3, 0.4) is 0 Å². The lowest BCUT2D eigenvalue weighted by molar-refractivity contribution is 0.166. The molecule has 66 valence electrons. The first-order valence-electron chi connectivity index (χ1n) is 4.76. The fraction of sp³-hybridized carbons (Fsp3) is 1.00. The van der Waals surface area contributed by atoms with Crippen molar-refractivity contribution in [3.05, 3.63) is 0 Å². The second-order valence-electron chi connectivity index (χ2n) is 4.99. The quantitative estimate of drug-likeness (QED) is 0.571. The van der Waals surface area contributed by atoms with Crippen molar-refractivity contribution in [3.63, 3.8) is 0 Å². The van der Waals surface area contributed by atoms with Crippen LogP contribution in [0.1, 0.15) is 46.5 Å². The van der Waals surface area contributed by atoms with Crippen LogP contribution in [-0.2, 0) is 0 Å². The van der Waals surface area contributed by atoms with Gasteiger partial charge in [-0.05, 0) is 30.6 Å². The fourth-order valence-electron chi connectivity index (χ4n) is 2.01. The van der Waals surface area contributed by atoms with Gasteiger partial charge in [-0.1, -0.05) is 27.2 Å². The van der Waals surface area contributed by atoms with E-state index >= 15 is 0 Å². The van der Waals surface area contributed by atoms with Gasteiger partial charge < -0.3 is 5.73 Å².